The molecule has 0 aliphatic carbocycles. The molecule has 0 spiro atoms. The van der Waals surface area contributed by atoms with Crippen molar-refractivity contribution < 1.29 is 4.74 Å². The van der Waals surface area contributed by atoms with Gasteiger partial charge >= 0.3 is 0 Å². The Morgan fingerprint density at radius 3 is 2.72 bits per heavy atom. The molecule has 18 heavy (non-hydrogen) atoms. The molecule has 2 heterocycles. The molecule has 3 nitrogen and oxygen atoms in total. The molecule has 1 unspecified atom stereocenters. The van der Waals surface area contributed by atoms with Crippen LogP contribution in [0, 0.1) is 6.92 Å². The maximum Gasteiger partial charge on any atom is 0.120 e. The minimum Gasteiger partial charge on any atom is -0.497 e. The summed E-state index contributed by atoms with van der Waals surface area (Å²) in [4.78, 5) is 5.14. The van der Waals surface area contributed by atoms with E-state index in [9.17, 15) is 0 Å². The summed E-state index contributed by atoms with van der Waals surface area (Å²) >= 11 is 0. The van der Waals surface area contributed by atoms with Crippen LogP contribution in [0.4, 0.5) is 5.69 Å². The molecule has 0 radical (unpaired) electrons. The van der Waals surface area contributed by atoms with Crippen molar-refractivity contribution in [2.24, 2.45) is 0 Å². The number of likely N-dealkylation sites (tertiary alicyclic amines) is 1. The Balaban J connectivity index is 1.74. The van der Waals surface area contributed by atoms with Crippen LogP contribution in [0.25, 0.3) is 0 Å². The van der Waals surface area contributed by atoms with Crippen LogP contribution in [0.15, 0.2) is 18.2 Å². The van der Waals surface area contributed by atoms with E-state index < -0.39 is 0 Å². The first-order chi connectivity index (χ1) is 8.78. The van der Waals surface area contributed by atoms with Gasteiger partial charge in [0.25, 0.3) is 0 Å². The quantitative estimate of drug-likeness (QED) is 0.814. The maximum atomic E-state index is 5.34. The molecule has 0 saturated carbocycles. The zero-order valence-electron chi connectivity index (χ0n) is 11.4. The van der Waals surface area contributed by atoms with Crippen LogP contribution < -0.4 is 9.64 Å². The molecular formula is C15H22N2O. The lowest BCUT2D eigenvalue weighted by atomic mass is 10.1. The van der Waals surface area contributed by atoms with Crippen LogP contribution in [0.5, 0.6) is 5.75 Å². The van der Waals surface area contributed by atoms with Gasteiger partial charge in [-0.15, -0.1) is 0 Å². The Morgan fingerprint density at radius 1 is 1.22 bits per heavy atom. The molecule has 1 aromatic rings. The summed E-state index contributed by atoms with van der Waals surface area (Å²) in [5.41, 5.74) is 2.69. The van der Waals surface area contributed by atoms with Crippen LogP contribution in [-0.2, 0) is 0 Å². The topological polar surface area (TPSA) is 15.7 Å². The van der Waals surface area contributed by atoms with Crippen LogP contribution in [0.1, 0.15) is 18.4 Å². The maximum absolute atomic E-state index is 5.34. The Hall–Kier alpha value is -1.22. The second-order valence-electron chi connectivity index (χ2n) is 5.43. The first-order valence-electron chi connectivity index (χ1n) is 6.91. The zero-order chi connectivity index (χ0) is 12.5. The van der Waals surface area contributed by atoms with Crippen molar-refractivity contribution in [2.45, 2.75) is 25.8 Å². The van der Waals surface area contributed by atoms with Gasteiger partial charge in [0, 0.05) is 30.9 Å². The van der Waals surface area contributed by atoms with Crippen molar-refractivity contribution in [1.29, 1.82) is 0 Å². The van der Waals surface area contributed by atoms with Gasteiger partial charge in [0.05, 0.1) is 7.11 Å². The average Bonchev–Trinajstić information content (AvgIpc) is 2.76. The molecule has 3 rings (SSSR count). The highest BCUT2D eigenvalue weighted by Crippen LogP contribution is 2.30. The van der Waals surface area contributed by atoms with E-state index in [4.69, 9.17) is 4.74 Å². The highest BCUT2D eigenvalue weighted by Gasteiger charge is 2.31. The highest BCUT2D eigenvalue weighted by atomic mass is 16.5. The van der Waals surface area contributed by atoms with Crippen LogP contribution >= 0.6 is 0 Å². The zero-order valence-corrected chi connectivity index (χ0v) is 11.4. The van der Waals surface area contributed by atoms with Crippen LogP contribution in [0.3, 0.4) is 0 Å². The fourth-order valence-electron chi connectivity index (χ4n) is 3.02. The molecule has 2 fully saturated rings. The summed E-state index contributed by atoms with van der Waals surface area (Å²) in [5, 5.41) is 0. The molecule has 3 heteroatoms. The fourth-order valence-corrected chi connectivity index (χ4v) is 3.02. The standard InChI is InChI=1S/C15H22N2O/c1-12-4-5-14(18-2)10-15(12)17-9-6-13(11-17)16-7-3-8-16/h4-5,10,13H,3,6-9,11H2,1-2H3. The highest BCUT2D eigenvalue weighted by molar-refractivity contribution is 5.57. The molecule has 2 aliphatic heterocycles. The van der Waals surface area contributed by atoms with E-state index in [-0.39, 0.29) is 0 Å². The van der Waals surface area contributed by atoms with Crippen LogP contribution in [0.2, 0.25) is 0 Å². The number of aryl methyl sites for hydroxylation is 1. The number of anilines is 1. The number of methoxy groups -OCH3 is 1. The Labute approximate surface area is 109 Å². The first-order valence-corrected chi connectivity index (χ1v) is 6.91. The fraction of sp³-hybridized carbons (Fsp3) is 0.600. The lowest BCUT2D eigenvalue weighted by molar-refractivity contribution is 0.129. The molecule has 0 amide bonds. The predicted octanol–water partition coefficient (Wildman–Crippen LogP) is 2.29. The molecule has 0 aromatic heterocycles. The Bertz CT molecular complexity index is 429. The minimum absolute atomic E-state index is 0.768. The van der Waals surface area contributed by atoms with E-state index in [0.717, 1.165) is 11.8 Å². The third-order valence-corrected chi connectivity index (χ3v) is 4.33. The predicted molar refractivity (Wildman–Crippen MR) is 74.5 cm³/mol. The smallest absolute Gasteiger partial charge is 0.120 e. The van der Waals surface area contributed by atoms with Gasteiger partial charge in [0.15, 0.2) is 0 Å². The average molecular weight is 246 g/mol. The second-order valence-corrected chi connectivity index (χ2v) is 5.43. The van der Waals surface area contributed by atoms with Gasteiger partial charge in [-0.05, 0) is 44.5 Å². The monoisotopic (exact) mass is 246 g/mol. The minimum atomic E-state index is 0.768. The number of nitrogens with zero attached hydrogens (tertiary/aromatic N) is 2. The number of hydrogen-bond acceptors (Lipinski definition) is 3. The third kappa shape index (κ3) is 2.07. The summed E-state index contributed by atoms with van der Waals surface area (Å²) in [7, 11) is 1.74. The summed E-state index contributed by atoms with van der Waals surface area (Å²) < 4.78 is 5.34. The van der Waals surface area contributed by atoms with Crippen molar-refractivity contribution in [3.8, 4) is 5.75 Å². The van der Waals surface area contributed by atoms with Gasteiger partial charge < -0.3 is 9.64 Å². The summed E-state index contributed by atoms with van der Waals surface area (Å²) in [5.74, 6) is 0.961. The van der Waals surface area contributed by atoms with Crippen LogP contribution in [-0.4, -0.2) is 44.2 Å². The third-order valence-electron chi connectivity index (χ3n) is 4.33. The van der Waals surface area contributed by atoms with Crippen molar-refractivity contribution in [3.63, 3.8) is 0 Å². The van der Waals surface area contributed by atoms with E-state index in [0.29, 0.717) is 0 Å². The van der Waals surface area contributed by atoms with Crippen molar-refractivity contribution in [2.75, 3.05) is 38.2 Å². The molecule has 2 saturated heterocycles. The second kappa shape index (κ2) is 4.81. The number of ether oxygens (including phenoxy) is 1. The normalized spacial score (nSPS) is 24.1. The van der Waals surface area contributed by atoms with E-state index in [1.165, 1.54) is 50.3 Å². The molecule has 2 aliphatic rings. The van der Waals surface area contributed by atoms with Gasteiger partial charge in [0.2, 0.25) is 0 Å². The van der Waals surface area contributed by atoms with Crippen molar-refractivity contribution in [1.82, 2.24) is 4.90 Å². The van der Waals surface area contributed by atoms with E-state index in [2.05, 4.69) is 28.9 Å². The van der Waals surface area contributed by atoms with E-state index in [1.54, 1.807) is 7.11 Å². The molecule has 1 atom stereocenters. The lowest BCUT2D eigenvalue weighted by Gasteiger charge is -2.36. The van der Waals surface area contributed by atoms with E-state index >= 15 is 0 Å². The van der Waals surface area contributed by atoms with Gasteiger partial charge in [-0.25, -0.2) is 0 Å². The van der Waals surface area contributed by atoms with Gasteiger partial charge in [0.1, 0.15) is 5.75 Å². The molecular weight excluding hydrogens is 224 g/mol. The van der Waals surface area contributed by atoms with Gasteiger partial charge in [-0.3, -0.25) is 4.90 Å². The van der Waals surface area contributed by atoms with Crippen molar-refractivity contribution in [3.05, 3.63) is 23.8 Å². The largest absolute Gasteiger partial charge is 0.497 e. The SMILES string of the molecule is COc1ccc(C)c(N2CCC(N3CCC3)C2)c1. The van der Waals surface area contributed by atoms with Crippen molar-refractivity contribution >= 4 is 5.69 Å². The van der Waals surface area contributed by atoms with Gasteiger partial charge in [-0.1, -0.05) is 6.07 Å². The number of rotatable bonds is 3. The summed E-state index contributed by atoms with van der Waals surface area (Å²) in [6.45, 7) is 7.14. The van der Waals surface area contributed by atoms with E-state index in [1.807, 2.05) is 6.07 Å². The molecule has 0 bridgehead atoms. The number of hydrogen-bond donors (Lipinski definition) is 0. The molecule has 98 valence electrons. The molecule has 1 aromatic carbocycles. The number of benzene rings is 1. The first kappa shape index (κ1) is 11.8. The molecule has 0 N–H and O–H groups in total. The lowest BCUT2D eigenvalue weighted by Crippen LogP contribution is -2.46. The summed E-state index contributed by atoms with van der Waals surface area (Å²) in [6.07, 6.45) is 2.69. The summed E-state index contributed by atoms with van der Waals surface area (Å²) in [6, 6.07) is 7.14. The van der Waals surface area contributed by atoms with Gasteiger partial charge in [-0.2, -0.15) is 0 Å². The Kier molecular flexibility index (Phi) is 3.16. The Morgan fingerprint density at radius 2 is 2.06 bits per heavy atom.